The van der Waals surface area contributed by atoms with E-state index >= 15 is 0 Å². The Bertz CT molecular complexity index is 887. The summed E-state index contributed by atoms with van der Waals surface area (Å²) in [5.41, 5.74) is 2.29. The Hall–Kier alpha value is -3.06. The Labute approximate surface area is 154 Å². The second-order valence-corrected chi connectivity index (χ2v) is 6.60. The van der Waals surface area contributed by atoms with Gasteiger partial charge in [-0.1, -0.05) is 29.8 Å². The summed E-state index contributed by atoms with van der Waals surface area (Å²) in [5, 5.41) is 8.25. The van der Waals surface area contributed by atoms with Gasteiger partial charge in [-0.05, 0) is 54.6 Å². The molecular formula is C19H15NO5S. The summed E-state index contributed by atoms with van der Waals surface area (Å²) in [6.07, 6.45) is 1.63. The maximum absolute atomic E-state index is 12.6. The first-order valence-electron chi connectivity index (χ1n) is 7.73. The molecule has 3 rings (SSSR count). The number of amides is 2. The number of nitrogens with zero attached hydrogens (tertiary/aromatic N) is 1. The van der Waals surface area contributed by atoms with E-state index in [4.69, 9.17) is 9.84 Å². The van der Waals surface area contributed by atoms with Gasteiger partial charge >= 0.3 is 5.97 Å². The van der Waals surface area contributed by atoms with Gasteiger partial charge in [0.15, 0.2) is 6.61 Å². The summed E-state index contributed by atoms with van der Waals surface area (Å²) < 4.78 is 5.06. The Morgan fingerprint density at radius 2 is 1.77 bits per heavy atom. The van der Waals surface area contributed by atoms with E-state index in [0.29, 0.717) is 21.9 Å². The number of aliphatic carboxylic acids is 1. The molecule has 0 radical (unpaired) electrons. The van der Waals surface area contributed by atoms with Crippen molar-refractivity contribution in [3.05, 3.63) is 64.6 Å². The Balaban J connectivity index is 1.77. The zero-order chi connectivity index (χ0) is 18.7. The lowest BCUT2D eigenvalue weighted by molar-refractivity contribution is -0.139. The molecule has 132 valence electrons. The van der Waals surface area contributed by atoms with Crippen LogP contribution in [-0.4, -0.2) is 28.8 Å². The van der Waals surface area contributed by atoms with Gasteiger partial charge < -0.3 is 9.84 Å². The number of carbonyl (C=O) groups excluding carboxylic acids is 2. The summed E-state index contributed by atoms with van der Waals surface area (Å²) >= 11 is 0.884. The van der Waals surface area contributed by atoms with E-state index in [1.165, 1.54) is 0 Å². The molecule has 0 atom stereocenters. The van der Waals surface area contributed by atoms with Crippen molar-refractivity contribution in [2.75, 3.05) is 11.5 Å². The highest BCUT2D eigenvalue weighted by Gasteiger charge is 2.36. The van der Waals surface area contributed by atoms with Crippen molar-refractivity contribution in [3.63, 3.8) is 0 Å². The van der Waals surface area contributed by atoms with E-state index in [1.54, 1.807) is 42.5 Å². The molecule has 7 heteroatoms. The van der Waals surface area contributed by atoms with Crippen LogP contribution >= 0.6 is 11.8 Å². The fourth-order valence-corrected chi connectivity index (χ4v) is 3.18. The first kappa shape index (κ1) is 17.8. The number of aryl methyl sites for hydroxylation is 1. The van der Waals surface area contributed by atoms with Crippen molar-refractivity contribution in [2.45, 2.75) is 6.92 Å². The molecule has 1 N–H and O–H groups in total. The molecule has 0 spiro atoms. The second kappa shape index (κ2) is 7.45. The van der Waals surface area contributed by atoms with Crippen LogP contribution in [0, 0.1) is 6.92 Å². The molecule has 1 fully saturated rings. The number of imide groups is 1. The number of carboxylic acid groups (broad SMARTS) is 1. The molecule has 2 aromatic rings. The molecule has 1 aliphatic rings. The third-order valence-corrected chi connectivity index (χ3v) is 4.50. The number of ether oxygens (including phenoxy) is 1. The third kappa shape index (κ3) is 3.94. The smallest absolute Gasteiger partial charge is 0.341 e. The van der Waals surface area contributed by atoms with Gasteiger partial charge in [-0.2, -0.15) is 0 Å². The number of carbonyl (C=O) groups is 3. The van der Waals surface area contributed by atoms with Crippen molar-refractivity contribution in [1.29, 1.82) is 0 Å². The maximum Gasteiger partial charge on any atom is 0.341 e. The van der Waals surface area contributed by atoms with Gasteiger partial charge in [0.05, 0.1) is 10.6 Å². The van der Waals surface area contributed by atoms with Crippen LogP contribution in [0.1, 0.15) is 11.1 Å². The van der Waals surface area contributed by atoms with Crippen LogP contribution in [0.15, 0.2) is 53.4 Å². The molecule has 2 aromatic carbocycles. The normalized spacial score (nSPS) is 15.6. The summed E-state index contributed by atoms with van der Waals surface area (Å²) in [7, 11) is 0. The van der Waals surface area contributed by atoms with Crippen LogP contribution in [0.5, 0.6) is 5.75 Å². The number of benzene rings is 2. The zero-order valence-electron chi connectivity index (χ0n) is 13.8. The van der Waals surface area contributed by atoms with Crippen molar-refractivity contribution >= 4 is 40.6 Å². The number of carboxylic acids is 1. The van der Waals surface area contributed by atoms with E-state index in [-0.39, 0.29) is 11.1 Å². The third-order valence-electron chi connectivity index (χ3n) is 3.63. The van der Waals surface area contributed by atoms with Crippen LogP contribution in [-0.2, 0) is 9.59 Å². The van der Waals surface area contributed by atoms with Crippen LogP contribution in [0.2, 0.25) is 0 Å². The minimum Gasteiger partial charge on any atom is -0.482 e. The summed E-state index contributed by atoms with van der Waals surface area (Å²) in [4.78, 5) is 36.8. The van der Waals surface area contributed by atoms with Crippen LogP contribution in [0.3, 0.4) is 0 Å². The van der Waals surface area contributed by atoms with Crippen molar-refractivity contribution < 1.29 is 24.2 Å². The Kier molecular flexibility index (Phi) is 5.09. The van der Waals surface area contributed by atoms with Gasteiger partial charge in [-0.25, -0.2) is 9.69 Å². The number of anilines is 1. The fourth-order valence-electron chi connectivity index (χ4n) is 2.34. The quantitative estimate of drug-likeness (QED) is 0.809. The van der Waals surface area contributed by atoms with Crippen LogP contribution < -0.4 is 9.64 Å². The topological polar surface area (TPSA) is 83.9 Å². The molecule has 26 heavy (non-hydrogen) atoms. The highest BCUT2D eigenvalue weighted by molar-refractivity contribution is 8.19. The van der Waals surface area contributed by atoms with Gasteiger partial charge in [0.25, 0.3) is 11.1 Å². The van der Waals surface area contributed by atoms with Gasteiger partial charge in [-0.3, -0.25) is 9.59 Å². The fraction of sp³-hybridized carbons (Fsp3) is 0.105. The SMILES string of the molecule is Cc1ccc(N2C(=O)S/C(=C\c3ccc(OCC(=O)O)cc3)C2=O)cc1. The van der Waals surface area contributed by atoms with Crippen LogP contribution in [0.4, 0.5) is 10.5 Å². The van der Waals surface area contributed by atoms with E-state index in [2.05, 4.69) is 0 Å². The largest absolute Gasteiger partial charge is 0.482 e. The second-order valence-electron chi connectivity index (χ2n) is 5.60. The lowest BCUT2D eigenvalue weighted by atomic mass is 10.2. The van der Waals surface area contributed by atoms with Crippen molar-refractivity contribution in [2.24, 2.45) is 0 Å². The predicted molar refractivity (Wildman–Crippen MR) is 99.2 cm³/mol. The minimum absolute atomic E-state index is 0.328. The molecule has 1 saturated heterocycles. The average Bonchev–Trinajstić information content (AvgIpc) is 2.89. The van der Waals surface area contributed by atoms with Crippen molar-refractivity contribution in [3.8, 4) is 5.75 Å². The molecule has 2 amide bonds. The minimum atomic E-state index is -1.06. The number of hydrogen-bond acceptors (Lipinski definition) is 5. The molecule has 0 saturated carbocycles. The maximum atomic E-state index is 12.6. The number of thioether (sulfide) groups is 1. The van der Waals surface area contributed by atoms with E-state index < -0.39 is 12.6 Å². The van der Waals surface area contributed by atoms with Gasteiger partial charge in [0.2, 0.25) is 0 Å². The van der Waals surface area contributed by atoms with Gasteiger partial charge in [0, 0.05) is 0 Å². The Morgan fingerprint density at radius 3 is 2.38 bits per heavy atom. The molecule has 0 aromatic heterocycles. The van der Waals surface area contributed by atoms with E-state index in [9.17, 15) is 14.4 Å². The monoisotopic (exact) mass is 369 g/mol. The van der Waals surface area contributed by atoms with Crippen molar-refractivity contribution in [1.82, 2.24) is 0 Å². The number of rotatable bonds is 5. The predicted octanol–water partition coefficient (Wildman–Crippen LogP) is 3.70. The van der Waals surface area contributed by atoms with Gasteiger partial charge in [0.1, 0.15) is 5.75 Å². The molecule has 1 heterocycles. The Morgan fingerprint density at radius 1 is 1.12 bits per heavy atom. The highest BCUT2D eigenvalue weighted by atomic mass is 32.2. The molecule has 0 unspecified atom stereocenters. The molecular weight excluding hydrogens is 354 g/mol. The average molecular weight is 369 g/mol. The number of hydrogen-bond donors (Lipinski definition) is 1. The van der Waals surface area contributed by atoms with Crippen LogP contribution in [0.25, 0.3) is 6.08 Å². The van der Waals surface area contributed by atoms with E-state index in [0.717, 1.165) is 22.2 Å². The first-order chi connectivity index (χ1) is 12.4. The lowest BCUT2D eigenvalue weighted by Gasteiger charge is -2.12. The molecule has 0 aliphatic carbocycles. The zero-order valence-corrected chi connectivity index (χ0v) is 14.7. The first-order valence-corrected chi connectivity index (χ1v) is 8.55. The summed E-state index contributed by atoms with van der Waals surface area (Å²) in [5.74, 6) is -1.01. The van der Waals surface area contributed by atoms with E-state index in [1.807, 2.05) is 19.1 Å². The molecule has 1 aliphatic heterocycles. The summed E-state index contributed by atoms with van der Waals surface area (Å²) in [6.45, 7) is 1.51. The molecule has 0 bridgehead atoms. The summed E-state index contributed by atoms with van der Waals surface area (Å²) in [6, 6.07) is 13.8. The standard InChI is InChI=1S/C19H15NO5S/c1-12-2-6-14(7-3-12)20-18(23)16(26-19(20)24)10-13-4-8-15(9-5-13)25-11-17(21)22/h2-10H,11H2,1H3,(H,21,22)/b16-10-. The highest BCUT2D eigenvalue weighted by Crippen LogP contribution is 2.35. The van der Waals surface area contributed by atoms with Gasteiger partial charge in [-0.15, -0.1) is 0 Å². The molecule has 6 nitrogen and oxygen atoms in total. The lowest BCUT2D eigenvalue weighted by Crippen LogP contribution is -2.27.